The largest absolute Gasteiger partial charge is 0.508 e. The molecule has 0 fully saturated rings. The molecule has 43 heavy (non-hydrogen) atoms. The zero-order valence-electron chi connectivity index (χ0n) is 23.1. The zero-order valence-corrected chi connectivity index (χ0v) is 23.1. The van der Waals surface area contributed by atoms with Crippen molar-refractivity contribution in [2.24, 2.45) is 5.73 Å². The molecule has 1 aromatic heterocycles. The number of aliphatic carboxylic acids is 2. The van der Waals surface area contributed by atoms with Crippen LogP contribution in [0.15, 0.2) is 67.1 Å². The van der Waals surface area contributed by atoms with E-state index in [4.69, 9.17) is 5.73 Å². The zero-order chi connectivity index (χ0) is 31.4. The number of imidazole rings is 1. The van der Waals surface area contributed by atoms with Crippen molar-refractivity contribution in [3.8, 4) is 5.75 Å². The summed E-state index contributed by atoms with van der Waals surface area (Å²) in [4.78, 5) is 69.4. The van der Waals surface area contributed by atoms with E-state index < -0.39 is 60.2 Å². The number of benzene rings is 2. The number of hydrogen-bond donors (Lipinski definition) is 8. The van der Waals surface area contributed by atoms with Crippen LogP contribution in [0.4, 0.5) is 0 Å². The highest BCUT2D eigenvalue weighted by Gasteiger charge is 2.31. The minimum atomic E-state index is -1.37. The van der Waals surface area contributed by atoms with Gasteiger partial charge in [0.1, 0.15) is 23.9 Å². The minimum Gasteiger partial charge on any atom is -0.508 e. The van der Waals surface area contributed by atoms with Crippen LogP contribution in [-0.4, -0.2) is 79.1 Å². The number of nitrogens with two attached hydrogens (primary N) is 1. The van der Waals surface area contributed by atoms with Gasteiger partial charge < -0.3 is 42.0 Å². The Morgan fingerprint density at radius 1 is 0.767 bits per heavy atom. The number of carbonyl (C=O) groups is 5. The number of aromatic amines is 1. The lowest BCUT2D eigenvalue weighted by molar-refractivity contribution is -0.142. The molecule has 9 N–H and O–H groups in total. The quantitative estimate of drug-likeness (QED) is 0.109. The van der Waals surface area contributed by atoms with Gasteiger partial charge in [-0.15, -0.1) is 0 Å². The summed E-state index contributed by atoms with van der Waals surface area (Å²) in [7, 11) is 0. The summed E-state index contributed by atoms with van der Waals surface area (Å²) in [5, 5.41) is 36.0. The van der Waals surface area contributed by atoms with Crippen molar-refractivity contribution in [3.05, 3.63) is 83.9 Å². The lowest BCUT2D eigenvalue weighted by Crippen LogP contribution is -2.58. The van der Waals surface area contributed by atoms with Gasteiger partial charge in [0.05, 0.1) is 12.4 Å². The Morgan fingerprint density at radius 2 is 1.37 bits per heavy atom. The Bertz CT molecular complexity index is 1380. The molecule has 0 radical (unpaired) electrons. The standard InChI is InChI=1S/C29H34N6O8/c30-21(12-17-4-2-1-3-5-17)26(39)33-22(10-11-25(37)38)27(40)34-23(13-18-6-8-20(36)9-7-18)28(41)35-24(29(42)43)14-19-15-31-16-32-19/h1-9,15-16,21-24,36H,10-14,30H2,(H,31,32)(H,33,39)(H,34,40)(H,35,41)(H,37,38)(H,42,43). The van der Waals surface area contributed by atoms with Gasteiger partial charge in [-0.05, 0) is 36.1 Å². The van der Waals surface area contributed by atoms with Crippen LogP contribution < -0.4 is 21.7 Å². The summed E-state index contributed by atoms with van der Waals surface area (Å²) in [6.07, 6.45) is 1.96. The van der Waals surface area contributed by atoms with Gasteiger partial charge in [-0.3, -0.25) is 19.2 Å². The monoisotopic (exact) mass is 594 g/mol. The smallest absolute Gasteiger partial charge is 0.326 e. The number of carbonyl (C=O) groups excluding carboxylic acids is 3. The molecular formula is C29H34N6O8. The molecule has 0 aliphatic rings. The van der Waals surface area contributed by atoms with Gasteiger partial charge in [-0.25, -0.2) is 9.78 Å². The van der Waals surface area contributed by atoms with Gasteiger partial charge in [-0.1, -0.05) is 42.5 Å². The summed E-state index contributed by atoms with van der Waals surface area (Å²) in [5.41, 5.74) is 7.81. The number of hydrogen-bond acceptors (Lipinski definition) is 8. The van der Waals surface area contributed by atoms with Crippen LogP contribution >= 0.6 is 0 Å². The van der Waals surface area contributed by atoms with Crippen molar-refractivity contribution in [2.45, 2.75) is 56.3 Å². The molecule has 1 heterocycles. The van der Waals surface area contributed by atoms with E-state index in [0.29, 0.717) is 11.3 Å². The van der Waals surface area contributed by atoms with Gasteiger partial charge >= 0.3 is 11.9 Å². The number of amides is 3. The molecule has 4 unspecified atom stereocenters. The molecule has 14 nitrogen and oxygen atoms in total. The normalized spacial score (nSPS) is 13.6. The third-order valence-electron chi connectivity index (χ3n) is 6.52. The van der Waals surface area contributed by atoms with Gasteiger partial charge in [0.25, 0.3) is 0 Å². The van der Waals surface area contributed by atoms with Crippen LogP contribution in [0.5, 0.6) is 5.75 Å². The molecule has 3 amide bonds. The predicted octanol–water partition coefficient (Wildman–Crippen LogP) is -0.126. The molecule has 3 rings (SSSR count). The molecule has 2 aromatic carbocycles. The maximum atomic E-state index is 13.4. The van der Waals surface area contributed by atoms with Crippen molar-refractivity contribution in [3.63, 3.8) is 0 Å². The lowest BCUT2D eigenvalue weighted by Gasteiger charge is -2.25. The summed E-state index contributed by atoms with van der Waals surface area (Å²) in [5.74, 6) is -4.95. The van der Waals surface area contributed by atoms with Gasteiger partial charge in [-0.2, -0.15) is 0 Å². The number of nitrogens with zero attached hydrogens (tertiary/aromatic N) is 1. The van der Waals surface area contributed by atoms with E-state index in [9.17, 15) is 39.3 Å². The molecule has 228 valence electrons. The maximum Gasteiger partial charge on any atom is 0.326 e. The molecule has 3 aromatic rings. The molecule has 0 saturated heterocycles. The van der Waals surface area contributed by atoms with Crippen LogP contribution in [-0.2, 0) is 43.2 Å². The van der Waals surface area contributed by atoms with Gasteiger partial charge in [0, 0.05) is 31.2 Å². The topological polar surface area (TPSA) is 237 Å². The van der Waals surface area contributed by atoms with Crippen LogP contribution in [0, 0.1) is 0 Å². The van der Waals surface area contributed by atoms with Crippen molar-refractivity contribution < 1.29 is 39.3 Å². The predicted molar refractivity (Wildman–Crippen MR) is 153 cm³/mol. The Balaban J connectivity index is 1.78. The molecule has 14 heteroatoms. The molecule has 4 atom stereocenters. The van der Waals surface area contributed by atoms with E-state index in [1.54, 1.807) is 24.3 Å². The first-order valence-electron chi connectivity index (χ1n) is 13.4. The number of aromatic nitrogens is 2. The number of carboxylic acid groups (broad SMARTS) is 2. The van der Waals surface area contributed by atoms with E-state index in [1.807, 2.05) is 6.07 Å². The number of phenols is 1. The first kappa shape index (κ1) is 32.3. The van der Waals surface area contributed by atoms with Gasteiger partial charge in [0.15, 0.2) is 0 Å². The fraction of sp³-hybridized carbons (Fsp3) is 0.310. The summed E-state index contributed by atoms with van der Waals surface area (Å²) in [6, 6.07) is 9.65. The highest BCUT2D eigenvalue weighted by molar-refractivity contribution is 5.94. The SMILES string of the molecule is NC(Cc1ccccc1)C(=O)NC(CCC(=O)O)C(=O)NC(Cc1ccc(O)cc1)C(=O)NC(Cc1cnc[nH]1)C(=O)O. The summed E-state index contributed by atoms with van der Waals surface area (Å²) < 4.78 is 0. The molecule has 0 aliphatic carbocycles. The second-order valence-corrected chi connectivity index (χ2v) is 9.90. The van der Waals surface area contributed by atoms with E-state index in [2.05, 4.69) is 25.9 Å². The molecule has 0 spiro atoms. The maximum absolute atomic E-state index is 13.4. The van der Waals surface area contributed by atoms with Crippen molar-refractivity contribution in [2.75, 3.05) is 0 Å². The van der Waals surface area contributed by atoms with E-state index in [0.717, 1.165) is 5.56 Å². The van der Waals surface area contributed by atoms with Crippen LogP contribution in [0.2, 0.25) is 0 Å². The number of aromatic hydroxyl groups is 1. The Labute approximate surface area is 246 Å². The van der Waals surface area contributed by atoms with E-state index >= 15 is 0 Å². The third-order valence-corrected chi connectivity index (χ3v) is 6.52. The number of phenolic OH excluding ortho intramolecular Hbond substituents is 1. The molecule has 0 aliphatic heterocycles. The fourth-order valence-electron chi connectivity index (χ4n) is 4.21. The second-order valence-electron chi connectivity index (χ2n) is 9.90. The number of nitrogens with one attached hydrogen (secondary N) is 4. The van der Waals surface area contributed by atoms with Crippen LogP contribution in [0.3, 0.4) is 0 Å². The van der Waals surface area contributed by atoms with Crippen LogP contribution in [0.1, 0.15) is 29.7 Å². The summed E-state index contributed by atoms with van der Waals surface area (Å²) >= 11 is 0. The number of rotatable bonds is 16. The highest BCUT2D eigenvalue weighted by Crippen LogP contribution is 2.13. The molecule has 0 bridgehead atoms. The Hall–Kier alpha value is -5.24. The first-order chi connectivity index (χ1) is 20.5. The van der Waals surface area contributed by atoms with Crippen LogP contribution in [0.25, 0.3) is 0 Å². The average Bonchev–Trinajstić information content (AvgIpc) is 3.49. The number of carboxylic acids is 2. The van der Waals surface area contributed by atoms with E-state index in [1.165, 1.54) is 36.8 Å². The number of H-pyrrole nitrogens is 1. The highest BCUT2D eigenvalue weighted by atomic mass is 16.4. The molecule has 0 saturated carbocycles. The lowest BCUT2D eigenvalue weighted by atomic mass is 10.0. The Morgan fingerprint density at radius 3 is 1.98 bits per heavy atom. The second kappa shape index (κ2) is 15.7. The third kappa shape index (κ3) is 10.6. The van der Waals surface area contributed by atoms with Gasteiger partial charge in [0.2, 0.25) is 17.7 Å². The fourth-order valence-corrected chi connectivity index (χ4v) is 4.21. The van der Waals surface area contributed by atoms with Crippen molar-refractivity contribution in [1.82, 2.24) is 25.9 Å². The van der Waals surface area contributed by atoms with Crippen molar-refractivity contribution in [1.29, 1.82) is 0 Å². The average molecular weight is 595 g/mol. The van der Waals surface area contributed by atoms with Crippen molar-refractivity contribution >= 4 is 29.7 Å². The first-order valence-corrected chi connectivity index (χ1v) is 13.4. The van der Waals surface area contributed by atoms with E-state index in [-0.39, 0.29) is 31.4 Å². The minimum absolute atomic E-state index is 0.0254. The molecular weight excluding hydrogens is 560 g/mol. The Kier molecular flexibility index (Phi) is 11.8. The summed E-state index contributed by atoms with van der Waals surface area (Å²) in [6.45, 7) is 0.